The predicted molar refractivity (Wildman–Crippen MR) is 122 cm³/mol. The molecule has 3 aromatic rings. The van der Waals surface area contributed by atoms with E-state index in [2.05, 4.69) is 25.9 Å². The highest BCUT2D eigenvalue weighted by atomic mass is 32.2. The Morgan fingerprint density at radius 1 is 1.23 bits per heavy atom. The van der Waals surface area contributed by atoms with E-state index in [1.54, 1.807) is 12.1 Å². The van der Waals surface area contributed by atoms with E-state index in [4.69, 9.17) is 0 Å². The zero-order chi connectivity index (χ0) is 24.7. The van der Waals surface area contributed by atoms with E-state index in [1.165, 1.54) is 57.3 Å². The number of nitrogens with one attached hydrogen (secondary N) is 1. The smallest absolute Gasteiger partial charge is 0.352 e. The van der Waals surface area contributed by atoms with Crippen LogP contribution in [0.4, 0.5) is 0 Å². The number of carboxylic acids is 1. The van der Waals surface area contributed by atoms with Crippen molar-refractivity contribution in [1.82, 2.24) is 35.5 Å². The minimum absolute atomic E-state index is 0.0153. The van der Waals surface area contributed by atoms with E-state index in [9.17, 15) is 29.7 Å². The number of carboxylic acid groups (broad SMARTS) is 1. The van der Waals surface area contributed by atoms with Crippen molar-refractivity contribution in [3.8, 4) is 5.75 Å². The quantitative estimate of drug-likeness (QED) is 0.240. The molecule has 2 aromatic heterocycles. The number of phenolic OH excluding ortho intramolecular Hbond substituents is 1. The summed E-state index contributed by atoms with van der Waals surface area (Å²) in [5.41, 5.74) is 1.16. The normalized spacial score (nSPS) is 20.4. The highest BCUT2D eigenvalue weighted by molar-refractivity contribution is 8.01. The second-order valence-electron chi connectivity index (χ2n) is 7.63. The molecular formula is C20H17N7O6S2. The number of phenols is 1. The fourth-order valence-corrected chi connectivity index (χ4v) is 6.04. The maximum Gasteiger partial charge on any atom is 0.352 e. The number of benzene rings is 1. The topological polar surface area (TPSA) is 183 Å². The molecule has 1 unspecified atom stereocenters. The van der Waals surface area contributed by atoms with Gasteiger partial charge < -0.3 is 20.6 Å². The number of hydrogen-bond acceptors (Lipinski definition) is 11. The van der Waals surface area contributed by atoms with Gasteiger partial charge >= 0.3 is 5.97 Å². The minimum Gasteiger partial charge on any atom is -0.508 e. The summed E-state index contributed by atoms with van der Waals surface area (Å²) in [6.45, 7) is 0. The predicted octanol–water partition coefficient (Wildman–Crippen LogP) is -0.211. The lowest BCUT2D eigenvalue weighted by Crippen LogP contribution is -2.70. The van der Waals surface area contributed by atoms with Crippen LogP contribution < -0.4 is 5.32 Å². The van der Waals surface area contributed by atoms with E-state index >= 15 is 0 Å². The molecule has 0 radical (unpaired) electrons. The SMILES string of the molecule is O=C(O)C1=C(CSc2ccc3nnnn3n2)CS[C@@H]2C(NC(=O)[C@H](O)c3ccc(O)cc3)C(=O)N12. The molecule has 2 aliphatic heterocycles. The van der Waals surface area contributed by atoms with Crippen LogP contribution in [0.1, 0.15) is 11.7 Å². The number of β-lactam (4-membered cyclic amide) rings is 1. The van der Waals surface area contributed by atoms with Crippen LogP contribution in [0.5, 0.6) is 5.75 Å². The van der Waals surface area contributed by atoms with Gasteiger partial charge in [-0.3, -0.25) is 14.5 Å². The van der Waals surface area contributed by atoms with Crippen LogP contribution in [0, 0.1) is 0 Å². The molecule has 0 bridgehead atoms. The number of nitrogens with zero attached hydrogens (tertiary/aromatic N) is 6. The van der Waals surface area contributed by atoms with Gasteiger partial charge in [-0.25, -0.2) is 4.79 Å². The number of tetrazole rings is 1. The average molecular weight is 516 g/mol. The van der Waals surface area contributed by atoms with Crippen LogP contribution in [-0.2, 0) is 14.4 Å². The Balaban J connectivity index is 1.28. The van der Waals surface area contributed by atoms with Crippen molar-refractivity contribution in [1.29, 1.82) is 0 Å². The van der Waals surface area contributed by atoms with Crippen LogP contribution >= 0.6 is 23.5 Å². The van der Waals surface area contributed by atoms with Crippen LogP contribution in [0.3, 0.4) is 0 Å². The van der Waals surface area contributed by atoms with Crippen LogP contribution in [0.2, 0.25) is 0 Å². The number of rotatable bonds is 7. The Labute approximate surface area is 205 Å². The number of carbonyl (C=O) groups excluding carboxylic acids is 2. The summed E-state index contributed by atoms with van der Waals surface area (Å²) in [6, 6.07) is 7.89. The van der Waals surface area contributed by atoms with Crippen molar-refractivity contribution >= 4 is 47.0 Å². The monoisotopic (exact) mass is 515 g/mol. The van der Waals surface area contributed by atoms with Crippen LogP contribution in [0.25, 0.3) is 5.65 Å². The lowest BCUT2D eigenvalue weighted by Gasteiger charge is -2.49. The average Bonchev–Trinajstić information content (AvgIpc) is 3.33. The summed E-state index contributed by atoms with van der Waals surface area (Å²) in [5.74, 6) is -2.00. The molecule has 4 N–H and O–H groups in total. The van der Waals surface area contributed by atoms with E-state index in [0.29, 0.717) is 22.0 Å². The molecule has 2 amide bonds. The molecular weight excluding hydrogens is 498 g/mol. The van der Waals surface area contributed by atoms with Gasteiger partial charge in [0.15, 0.2) is 11.8 Å². The molecule has 0 spiro atoms. The molecule has 2 aliphatic rings. The van der Waals surface area contributed by atoms with Crippen molar-refractivity contribution in [2.24, 2.45) is 0 Å². The third kappa shape index (κ3) is 4.28. The molecule has 35 heavy (non-hydrogen) atoms. The highest BCUT2D eigenvalue weighted by Gasteiger charge is 2.54. The van der Waals surface area contributed by atoms with Crippen molar-refractivity contribution in [2.45, 2.75) is 22.5 Å². The summed E-state index contributed by atoms with van der Waals surface area (Å²) in [5, 5.41) is 47.2. The van der Waals surface area contributed by atoms with Gasteiger partial charge in [0.25, 0.3) is 11.8 Å². The first-order valence-corrected chi connectivity index (χ1v) is 12.2. The van der Waals surface area contributed by atoms with Gasteiger partial charge in [-0.1, -0.05) is 12.1 Å². The maximum absolute atomic E-state index is 12.8. The number of amides is 2. The Hall–Kier alpha value is -3.69. The third-order valence-electron chi connectivity index (χ3n) is 5.44. The van der Waals surface area contributed by atoms with Gasteiger partial charge in [-0.05, 0) is 45.8 Å². The summed E-state index contributed by atoms with van der Waals surface area (Å²) >= 11 is 2.62. The second-order valence-corrected chi connectivity index (χ2v) is 9.73. The zero-order valence-corrected chi connectivity index (χ0v) is 19.3. The Bertz CT molecular complexity index is 1360. The number of thioether (sulfide) groups is 2. The Morgan fingerprint density at radius 3 is 2.74 bits per heavy atom. The van der Waals surface area contributed by atoms with Crippen molar-refractivity contribution < 1.29 is 29.7 Å². The Kier molecular flexibility index (Phi) is 6.04. The molecule has 1 aromatic carbocycles. The molecule has 180 valence electrons. The van der Waals surface area contributed by atoms with Gasteiger partial charge in [0, 0.05) is 11.5 Å². The zero-order valence-electron chi connectivity index (χ0n) is 17.7. The molecule has 5 rings (SSSR count). The second kappa shape index (κ2) is 9.16. The van der Waals surface area contributed by atoms with E-state index in [1.807, 2.05) is 0 Å². The minimum atomic E-state index is -1.54. The summed E-state index contributed by atoms with van der Waals surface area (Å²) in [7, 11) is 0. The number of hydrogen-bond donors (Lipinski definition) is 4. The van der Waals surface area contributed by atoms with Gasteiger partial charge in [0.1, 0.15) is 27.9 Å². The van der Waals surface area contributed by atoms with E-state index < -0.39 is 35.3 Å². The highest BCUT2D eigenvalue weighted by Crippen LogP contribution is 2.41. The van der Waals surface area contributed by atoms with Crippen molar-refractivity contribution in [3.63, 3.8) is 0 Å². The molecule has 15 heteroatoms. The molecule has 3 atom stereocenters. The largest absolute Gasteiger partial charge is 0.508 e. The fraction of sp³-hybridized carbons (Fsp3) is 0.250. The lowest BCUT2D eigenvalue weighted by atomic mass is 10.0. The molecule has 1 fully saturated rings. The Morgan fingerprint density at radius 2 is 2.00 bits per heavy atom. The number of aliphatic hydroxyl groups is 1. The summed E-state index contributed by atoms with van der Waals surface area (Å²) in [6.07, 6.45) is -1.54. The van der Waals surface area contributed by atoms with E-state index in [-0.39, 0.29) is 22.8 Å². The van der Waals surface area contributed by atoms with Crippen molar-refractivity contribution in [3.05, 3.63) is 53.2 Å². The van der Waals surface area contributed by atoms with Crippen LogP contribution in [0.15, 0.2) is 52.7 Å². The number of aromatic nitrogens is 5. The molecule has 0 aliphatic carbocycles. The van der Waals surface area contributed by atoms with E-state index in [0.717, 1.165) is 0 Å². The first kappa shape index (κ1) is 23.1. The maximum atomic E-state index is 12.8. The van der Waals surface area contributed by atoms with Gasteiger partial charge in [-0.15, -0.1) is 38.4 Å². The van der Waals surface area contributed by atoms with Gasteiger partial charge in [0.05, 0.1) is 0 Å². The first-order chi connectivity index (χ1) is 16.8. The summed E-state index contributed by atoms with van der Waals surface area (Å²) in [4.78, 5) is 38.5. The molecule has 13 nitrogen and oxygen atoms in total. The number of aliphatic hydroxyl groups excluding tert-OH is 1. The van der Waals surface area contributed by atoms with Crippen molar-refractivity contribution in [2.75, 3.05) is 11.5 Å². The van der Waals surface area contributed by atoms with Gasteiger partial charge in [0.2, 0.25) is 0 Å². The summed E-state index contributed by atoms with van der Waals surface area (Å²) < 4.78 is 1.26. The number of fused-ring (bicyclic) bond motifs is 2. The number of aliphatic carboxylic acids is 1. The fourth-order valence-electron chi connectivity index (χ4n) is 3.71. The number of carbonyl (C=O) groups is 3. The lowest BCUT2D eigenvalue weighted by molar-refractivity contribution is -0.151. The standard InChI is InChI=1S/C20H17N7O6S2/c28-11-3-1-9(2-4-11)16(29)17(30)21-14-18(31)26-15(20(32)33)10(8-35-19(14)26)7-34-13-6-5-12-22-24-25-27(12)23-13/h1-6,14,16,19,28-29H,7-8H2,(H,21,30)(H,32,33)/t14?,16-,19-/m1/s1. The first-order valence-electron chi connectivity index (χ1n) is 10.2. The molecule has 1 saturated heterocycles. The molecule has 4 heterocycles. The number of aromatic hydroxyl groups is 1. The van der Waals surface area contributed by atoms with Crippen LogP contribution in [-0.4, -0.2) is 86.2 Å². The third-order valence-corrected chi connectivity index (χ3v) is 7.79. The van der Waals surface area contributed by atoms with Gasteiger partial charge in [-0.2, -0.15) is 0 Å². The molecule has 0 saturated carbocycles.